The van der Waals surface area contributed by atoms with E-state index in [1.807, 2.05) is 24.3 Å². The van der Waals surface area contributed by atoms with Crippen LogP contribution < -0.4 is 5.32 Å². The zero-order chi connectivity index (χ0) is 13.5. The number of carbonyl (C=O) groups excluding carboxylic acids is 2. The van der Waals surface area contributed by atoms with E-state index in [0.717, 1.165) is 24.8 Å². The van der Waals surface area contributed by atoms with Gasteiger partial charge in [-0.15, -0.1) is 0 Å². The van der Waals surface area contributed by atoms with Crippen LogP contribution in [0.1, 0.15) is 48.0 Å². The summed E-state index contributed by atoms with van der Waals surface area (Å²) < 4.78 is 5.03. The van der Waals surface area contributed by atoms with Crippen molar-refractivity contribution in [2.24, 2.45) is 0 Å². The highest BCUT2D eigenvalue weighted by atomic mass is 16.6. The van der Waals surface area contributed by atoms with Gasteiger partial charge in [0.1, 0.15) is 6.61 Å². The lowest BCUT2D eigenvalue weighted by Gasteiger charge is -2.20. The van der Waals surface area contributed by atoms with E-state index in [9.17, 15) is 9.59 Å². The Hall–Kier alpha value is -1.84. The van der Waals surface area contributed by atoms with Crippen LogP contribution in [-0.2, 0) is 4.74 Å². The zero-order valence-corrected chi connectivity index (χ0v) is 10.9. The van der Waals surface area contributed by atoms with Crippen LogP contribution in [-0.4, -0.2) is 24.0 Å². The van der Waals surface area contributed by atoms with Gasteiger partial charge in [0, 0.05) is 5.56 Å². The van der Waals surface area contributed by atoms with Gasteiger partial charge in [-0.3, -0.25) is 4.79 Å². The number of Topliss-reactive ketones (excluding diaryl/α,β-unsaturated/α-hetero) is 1. The molecule has 1 aliphatic heterocycles. The van der Waals surface area contributed by atoms with E-state index < -0.39 is 0 Å². The summed E-state index contributed by atoms with van der Waals surface area (Å²) in [7, 11) is 0. The van der Waals surface area contributed by atoms with Gasteiger partial charge in [0.25, 0.3) is 0 Å². The summed E-state index contributed by atoms with van der Waals surface area (Å²) in [6, 6.07) is 7.81. The summed E-state index contributed by atoms with van der Waals surface area (Å²) >= 11 is 0. The van der Waals surface area contributed by atoms with Gasteiger partial charge in [0.15, 0.2) is 5.78 Å². The number of ketones is 1. The summed E-state index contributed by atoms with van der Waals surface area (Å²) in [6.07, 6.45) is 2.62. The molecule has 2 aliphatic rings. The summed E-state index contributed by atoms with van der Waals surface area (Å²) in [4.78, 5) is 22.5. The standard InChI is InChI=1S/C15H17NO3/c1-10(17)11-2-4-12(5-3-11)13-6-7-15(8-13)9-19-14(18)16-15/h2-5,13H,6-9H2,1H3,(H,16,18). The smallest absolute Gasteiger partial charge is 0.407 e. The molecule has 0 bridgehead atoms. The number of ether oxygens (including phenoxy) is 1. The molecule has 1 saturated heterocycles. The average Bonchev–Trinajstić information content (AvgIpc) is 2.97. The highest BCUT2D eigenvalue weighted by Crippen LogP contribution is 2.42. The third-order valence-electron chi connectivity index (χ3n) is 4.24. The van der Waals surface area contributed by atoms with Gasteiger partial charge >= 0.3 is 6.09 Å². The molecule has 0 aromatic heterocycles. The molecular weight excluding hydrogens is 242 g/mol. The maximum atomic E-state index is 11.3. The first-order valence-corrected chi connectivity index (χ1v) is 6.64. The van der Waals surface area contributed by atoms with Gasteiger partial charge in [-0.25, -0.2) is 4.79 Å². The predicted molar refractivity (Wildman–Crippen MR) is 70.3 cm³/mol. The molecular formula is C15H17NO3. The van der Waals surface area contributed by atoms with Crippen LogP contribution in [0.15, 0.2) is 24.3 Å². The van der Waals surface area contributed by atoms with Crippen LogP contribution in [0.4, 0.5) is 4.79 Å². The first-order chi connectivity index (χ1) is 9.08. The van der Waals surface area contributed by atoms with Crippen LogP contribution in [0.2, 0.25) is 0 Å². The second-order valence-corrected chi connectivity index (χ2v) is 5.60. The fraction of sp³-hybridized carbons (Fsp3) is 0.467. The highest BCUT2D eigenvalue weighted by molar-refractivity contribution is 5.94. The number of nitrogens with one attached hydrogen (secondary N) is 1. The summed E-state index contributed by atoms with van der Waals surface area (Å²) in [5, 5.41) is 2.94. The summed E-state index contributed by atoms with van der Waals surface area (Å²) in [5.74, 6) is 0.522. The van der Waals surface area contributed by atoms with Crippen molar-refractivity contribution in [3.05, 3.63) is 35.4 Å². The number of hydrogen-bond donors (Lipinski definition) is 1. The number of carbonyl (C=O) groups is 2. The van der Waals surface area contributed by atoms with Gasteiger partial charge in [-0.1, -0.05) is 24.3 Å². The molecule has 1 spiro atoms. The molecule has 3 rings (SSSR count). The van der Waals surface area contributed by atoms with E-state index in [1.54, 1.807) is 6.92 Å². The summed E-state index contributed by atoms with van der Waals surface area (Å²) in [6.45, 7) is 2.05. The minimum atomic E-state index is -0.299. The highest BCUT2D eigenvalue weighted by Gasteiger charge is 2.45. The molecule has 2 atom stereocenters. The molecule has 1 aromatic carbocycles. The van der Waals surface area contributed by atoms with E-state index in [-0.39, 0.29) is 17.4 Å². The normalized spacial score (nSPS) is 29.3. The number of rotatable bonds is 2. The third kappa shape index (κ3) is 2.23. The second kappa shape index (κ2) is 4.37. The van der Waals surface area contributed by atoms with Gasteiger partial charge in [-0.2, -0.15) is 0 Å². The van der Waals surface area contributed by atoms with E-state index in [4.69, 9.17) is 4.74 Å². The zero-order valence-electron chi connectivity index (χ0n) is 10.9. The quantitative estimate of drug-likeness (QED) is 0.831. The van der Waals surface area contributed by atoms with E-state index in [0.29, 0.717) is 12.5 Å². The van der Waals surface area contributed by atoms with Crippen molar-refractivity contribution in [3.63, 3.8) is 0 Å². The van der Waals surface area contributed by atoms with Gasteiger partial charge in [0.2, 0.25) is 0 Å². The fourth-order valence-electron chi connectivity index (χ4n) is 3.14. The topological polar surface area (TPSA) is 55.4 Å². The number of amides is 1. The van der Waals surface area contributed by atoms with Crippen LogP contribution >= 0.6 is 0 Å². The van der Waals surface area contributed by atoms with Gasteiger partial charge in [-0.05, 0) is 37.7 Å². The largest absolute Gasteiger partial charge is 0.447 e. The molecule has 4 nitrogen and oxygen atoms in total. The van der Waals surface area contributed by atoms with E-state index in [2.05, 4.69) is 5.32 Å². The summed E-state index contributed by atoms with van der Waals surface area (Å²) in [5.41, 5.74) is 1.82. The molecule has 1 aromatic rings. The Kier molecular flexibility index (Phi) is 2.81. The molecule has 1 aliphatic carbocycles. The van der Waals surface area contributed by atoms with Crippen molar-refractivity contribution in [1.29, 1.82) is 0 Å². The van der Waals surface area contributed by atoms with Crippen LogP contribution in [0, 0.1) is 0 Å². The molecule has 100 valence electrons. The molecule has 1 amide bonds. The molecule has 1 heterocycles. The molecule has 1 N–H and O–H groups in total. The fourth-order valence-corrected chi connectivity index (χ4v) is 3.14. The molecule has 4 heteroatoms. The Morgan fingerprint density at radius 1 is 1.37 bits per heavy atom. The van der Waals surface area contributed by atoms with Crippen molar-refractivity contribution in [2.75, 3.05) is 6.61 Å². The van der Waals surface area contributed by atoms with Gasteiger partial charge in [0.05, 0.1) is 5.54 Å². The van der Waals surface area contributed by atoms with Gasteiger partial charge < -0.3 is 10.1 Å². The van der Waals surface area contributed by atoms with Crippen molar-refractivity contribution in [3.8, 4) is 0 Å². The predicted octanol–water partition coefficient (Wildman–Crippen LogP) is 2.64. The monoisotopic (exact) mass is 259 g/mol. The number of alkyl carbamates (subject to hydrolysis) is 1. The molecule has 1 saturated carbocycles. The Balaban J connectivity index is 1.74. The van der Waals surface area contributed by atoms with Crippen molar-refractivity contribution >= 4 is 11.9 Å². The van der Waals surface area contributed by atoms with Crippen molar-refractivity contribution < 1.29 is 14.3 Å². The van der Waals surface area contributed by atoms with Crippen LogP contribution in [0.25, 0.3) is 0 Å². The Labute approximate surface area is 112 Å². The maximum Gasteiger partial charge on any atom is 0.407 e. The van der Waals surface area contributed by atoms with E-state index in [1.165, 1.54) is 5.56 Å². The lowest BCUT2D eigenvalue weighted by atomic mass is 9.92. The van der Waals surface area contributed by atoms with Crippen molar-refractivity contribution in [1.82, 2.24) is 5.32 Å². The minimum absolute atomic E-state index is 0.0888. The number of cyclic esters (lactones) is 1. The Bertz CT molecular complexity index is 523. The number of benzene rings is 1. The number of hydrogen-bond acceptors (Lipinski definition) is 3. The second-order valence-electron chi connectivity index (χ2n) is 5.60. The maximum absolute atomic E-state index is 11.3. The van der Waals surface area contributed by atoms with E-state index >= 15 is 0 Å². The SMILES string of the molecule is CC(=O)c1ccc(C2CCC3(COC(=O)N3)C2)cc1. The first-order valence-electron chi connectivity index (χ1n) is 6.64. The van der Waals surface area contributed by atoms with Crippen LogP contribution in [0.3, 0.4) is 0 Å². The average molecular weight is 259 g/mol. The van der Waals surface area contributed by atoms with Crippen molar-refractivity contribution in [2.45, 2.75) is 37.6 Å². The minimum Gasteiger partial charge on any atom is -0.447 e. The molecule has 2 fully saturated rings. The molecule has 0 radical (unpaired) electrons. The Morgan fingerprint density at radius 2 is 2.11 bits per heavy atom. The third-order valence-corrected chi connectivity index (χ3v) is 4.24. The lowest BCUT2D eigenvalue weighted by Crippen LogP contribution is -2.40. The molecule has 2 unspecified atom stereocenters. The Morgan fingerprint density at radius 3 is 2.68 bits per heavy atom. The van der Waals surface area contributed by atoms with Crippen LogP contribution in [0.5, 0.6) is 0 Å². The first kappa shape index (κ1) is 12.2. The molecule has 19 heavy (non-hydrogen) atoms. The lowest BCUT2D eigenvalue weighted by molar-refractivity contribution is 0.101.